The first-order valence-electron chi connectivity index (χ1n) is 9.17. The van der Waals surface area contributed by atoms with Crippen LogP contribution in [0.4, 0.5) is 20.6 Å². The first-order chi connectivity index (χ1) is 13.8. The molecule has 0 bridgehead atoms. The Hall–Kier alpha value is -2.66. The lowest BCUT2D eigenvalue weighted by molar-refractivity contribution is -0.129. The number of halogens is 1. The summed E-state index contributed by atoms with van der Waals surface area (Å²) in [5.74, 6) is -0.557. The van der Waals surface area contributed by atoms with Gasteiger partial charge in [0.2, 0.25) is 5.91 Å². The largest absolute Gasteiger partial charge is 0.474 e. The molecule has 0 spiro atoms. The molecule has 2 fully saturated rings. The van der Waals surface area contributed by atoms with E-state index in [1.165, 1.54) is 23.0 Å². The van der Waals surface area contributed by atoms with Crippen LogP contribution in [-0.2, 0) is 14.3 Å². The number of ether oxygens (including phenoxy) is 2. The number of nitrogens with two attached hydrogens (primary N) is 1. The van der Waals surface area contributed by atoms with Gasteiger partial charge < -0.3 is 25.0 Å². The lowest BCUT2D eigenvalue weighted by atomic mass is 10.2. The van der Waals surface area contributed by atoms with Crippen LogP contribution >= 0.6 is 12.2 Å². The molecule has 0 radical (unpaired) electrons. The van der Waals surface area contributed by atoms with Gasteiger partial charge in [0.1, 0.15) is 5.82 Å². The number of amides is 2. The minimum absolute atomic E-state index is 0.0275. The molecule has 2 saturated heterocycles. The number of hydrogen-bond acceptors (Lipinski definition) is 7. The van der Waals surface area contributed by atoms with Gasteiger partial charge in [0.25, 0.3) is 5.17 Å². The van der Waals surface area contributed by atoms with E-state index in [9.17, 15) is 14.0 Å². The maximum atomic E-state index is 14.8. The number of likely N-dealkylation sites (N-methyl/N-ethyl adjacent to an activating group) is 1. The number of rotatable bonds is 4. The van der Waals surface area contributed by atoms with Crippen molar-refractivity contribution in [1.29, 1.82) is 0 Å². The van der Waals surface area contributed by atoms with Crippen molar-refractivity contribution in [2.24, 2.45) is 5.73 Å². The van der Waals surface area contributed by atoms with Gasteiger partial charge in [-0.3, -0.25) is 14.6 Å². The number of carbonyl (C=O) groups is 2. The molecule has 2 aliphatic rings. The minimum atomic E-state index is -0.620. The second-order valence-electron chi connectivity index (χ2n) is 6.74. The molecule has 1 aromatic carbocycles. The summed E-state index contributed by atoms with van der Waals surface area (Å²) in [5, 5.41) is 0.193. The van der Waals surface area contributed by atoms with E-state index in [1.807, 2.05) is 4.90 Å². The van der Waals surface area contributed by atoms with E-state index in [2.05, 4.69) is 0 Å². The predicted octanol–water partition coefficient (Wildman–Crippen LogP) is 0.579. The lowest BCUT2D eigenvalue weighted by Gasteiger charge is -2.36. The number of benzene rings is 1. The number of anilines is 2. The van der Waals surface area contributed by atoms with Gasteiger partial charge in [-0.2, -0.15) is 0 Å². The molecule has 2 N–H and O–H groups in total. The molecular formula is C18H24FN5O4S. The molecule has 0 aromatic heterocycles. The maximum absolute atomic E-state index is 14.8. The van der Waals surface area contributed by atoms with E-state index >= 15 is 0 Å². The number of hydrogen-bond donors (Lipinski definition) is 1. The topological polar surface area (TPSA) is 91.6 Å². The second kappa shape index (κ2) is 8.78. The molecule has 1 aromatic rings. The third kappa shape index (κ3) is 4.35. The molecule has 9 nitrogen and oxygen atoms in total. The normalized spacial score (nSPS) is 19.2. The summed E-state index contributed by atoms with van der Waals surface area (Å²) in [4.78, 5) is 30.3. The van der Waals surface area contributed by atoms with Crippen LogP contribution in [0.25, 0.3) is 0 Å². The summed E-state index contributed by atoms with van der Waals surface area (Å²) in [6, 6.07) is 4.62. The Balaban J connectivity index is 1.68. The monoisotopic (exact) mass is 425 g/mol. The van der Waals surface area contributed by atoms with Crippen molar-refractivity contribution in [3.63, 3.8) is 0 Å². The Kier molecular flexibility index (Phi) is 6.38. The quantitative estimate of drug-likeness (QED) is 0.701. The smallest absolute Gasteiger partial charge is 0.416 e. The van der Waals surface area contributed by atoms with Crippen molar-refractivity contribution in [2.75, 3.05) is 63.2 Å². The summed E-state index contributed by atoms with van der Waals surface area (Å²) in [7, 11) is 3.10. The van der Waals surface area contributed by atoms with Crippen molar-refractivity contribution in [2.45, 2.75) is 6.23 Å². The van der Waals surface area contributed by atoms with Crippen LogP contribution in [0, 0.1) is 5.82 Å². The zero-order valence-corrected chi connectivity index (χ0v) is 17.2. The first-order valence-corrected chi connectivity index (χ1v) is 9.57. The van der Waals surface area contributed by atoms with E-state index in [-0.39, 0.29) is 24.2 Å². The molecule has 1 atom stereocenters. The highest BCUT2D eigenvalue weighted by Crippen LogP contribution is 2.29. The Labute approximate surface area is 173 Å². The highest BCUT2D eigenvalue weighted by Gasteiger charge is 2.36. The maximum Gasteiger partial charge on any atom is 0.416 e. The summed E-state index contributed by atoms with van der Waals surface area (Å²) in [5.41, 5.74) is 6.21. The van der Waals surface area contributed by atoms with Crippen LogP contribution < -0.4 is 15.5 Å². The van der Waals surface area contributed by atoms with E-state index in [0.29, 0.717) is 37.6 Å². The molecule has 0 aliphatic carbocycles. The van der Waals surface area contributed by atoms with Gasteiger partial charge in [-0.1, -0.05) is 0 Å². The Morgan fingerprint density at radius 1 is 1.38 bits per heavy atom. The van der Waals surface area contributed by atoms with E-state index in [1.54, 1.807) is 24.1 Å². The van der Waals surface area contributed by atoms with E-state index in [0.717, 1.165) is 0 Å². The molecular weight excluding hydrogens is 401 g/mol. The van der Waals surface area contributed by atoms with E-state index in [4.69, 9.17) is 27.4 Å². The number of nitrogens with zero attached hydrogens (tertiary/aromatic N) is 4. The summed E-state index contributed by atoms with van der Waals surface area (Å²) in [6.45, 7) is 2.16. The standard InChI is InChI=1S/C18H24FN5O4S/c1-21(18(29)27-2)16-11-24(17(26)28-16)12-3-4-14(13(19)9-12)22-5-7-23(8-6-22)15(25)10-20/h3-4,9,16H,5-8,10-11,20H2,1-2H3. The molecule has 2 heterocycles. The predicted molar refractivity (Wildman–Crippen MR) is 109 cm³/mol. The summed E-state index contributed by atoms with van der Waals surface area (Å²) in [6.07, 6.45) is -1.20. The fraction of sp³-hybridized carbons (Fsp3) is 0.500. The van der Waals surface area contributed by atoms with Crippen LogP contribution in [0.3, 0.4) is 0 Å². The van der Waals surface area contributed by atoms with Crippen molar-refractivity contribution < 1.29 is 23.5 Å². The van der Waals surface area contributed by atoms with Gasteiger partial charge in [-0.05, 0) is 30.4 Å². The van der Waals surface area contributed by atoms with Crippen LogP contribution in [0.1, 0.15) is 0 Å². The highest BCUT2D eigenvalue weighted by molar-refractivity contribution is 7.80. The number of methoxy groups -OCH3 is 1. The van der Waals surface area contributed by atoms with Crippen molar-refractivity contribution >= 4 is 40.8 Å². The Bertz CT molecular complexity index is 802. The second-order valence-corrected chi connectivity index (χ2v) is 7.09. The van der Waals surface area contributed by atoms with Crippen molar-refractivity contribution in [3.8, 4) is 0 Å². The van der Waals surface area contributed by atoms with Crippen LogP contribution in [0.15, 0.2) is 18.2 Å². The fourth-order valence-electron chi connectivity index (χ4n) is 3.37. The van der Waals surface area contributed by atoms with Crippen LogP contribution in [0.2, 0.25) is 0 Å². The summed E-state index contributed by atoms with van der Waals surface area (Å²) < 4.78 is 25.1. The molecule has 11 heteroatoms. The van der Waals surface area contributed by atoms with Gasteiger partial charge in [-0.25, -0.2) is 9.18 Å². The Morgan fingerprint density at radius 3 is 2.66 bits per heavy atom. The van der Waals surface area contributed by atoms with Gasteiger partial charge in [0.05, 0.1) is 31.6 Å². The zero-order valence-electron chi connectivity index (χ0n) is 16.3. The Morgan fingerprint density at radius 2 is 2.07 bits per heavy atom. The number of cyclic esters (lactones) is 1. The number of carbonyl (C=O) groups excluding carboxylic acids is 2. The number of thiocarbonyl (C=S) groups is 1. The van der Waals surface area contributed by atoms with Gasteiger partial charge in [-0.15, -0.1) is 0 Å². The molecule has 3 rings (SSSR count). The lowest BCUT2D eigenvalue weighted by Crippen LogP contribution is -2.50. The third-order valence-electron chi connectivity index (χ3n) is 5.08. The highest BCUT2D eigenvalue weighted by atomic mass is 32.1. The average molecular weight is 425 g/mol. The first kappa shape index (κ1) is 21.1. The van der Waals surface area contributed by atoms with E-state index < -0.39 is 18.1 Å². The molecule has 29 heavy (non-hydrogen) atoms. The van der Waals surface area contributed by atoms with Crippen molar-refractivity contribution in [3.05, 3.63) is 24.0 Å². The number of piperazine rings is 1. The SMILES string of the molecule is COC(=S)N(C)C1CN(c2ccc(N3CCN(C(=O)CN)CC3)c(F)c2)C(=O)O1. The van der Waals surface area contributed by atoms with Gasteiger partial charge in [0, 0.05) is 33.2 Å². The molecule has 1 unspecified atom stereocenters. The summed E-state index contributed by atoms with van der Waals surface area (Å²) >= 11 is 5.05. The van der Waals surface area contributed by atoms with Gasteiger partial charge >= 0.3 is 6.09 Å². The zero-order chi connectivity index (χ0) is 21.1. The average Bonchev–Trinajstić information content (AvgIpc) is 3.13. The molecule has 158 valence electrons. The molecule has 2 aliphatic heterocycles. The van der Waals surface area contributed by atoms with Gasteiger partial charge in [0.15, 0.2) is 6.23 Å². The fourth-order valence-corrected chi connectivity index (χ4v) is 3.49. The molecule has 0 saturated carbocycles. The van der Waals surface area contributed by atoms with Crippen LogP contribution in [-0.4, -0.2) is 86.6 Å². The third-order valence-corrected chi connectivity index (χ3v) is 5.54. The van der Waals surface area contributed by atoms with Crippen LogP contribution in [0.5, 0.6) is 0 Å². The molecule has 2 amide bonds. The minimum Gasteiger partial charge on any atom is -0.474 e. The van der Waals surface area contributed by atoms with Crippen molar-refractivity contribution in [1.82, 2.24) is 9.80 Å².